The zero-order valence-electron chi connectivity index (χ0n) is 12.2. The lowest BCUT2D eigenvalue weighted by atomic mass is 10.1. The van der Waals surface area contributed by atoms with Gasteiger partial charge in [-0.3, -0.25) is 0 Å². The summed E-state index contributed by atoms with van der Waals surface area (Å²) in [7, 11) is 0. The van der Waals surface area contributed by atoms with E-state index in [9.17, 15) is 0 Å². The minimum atomic E-state index is 0.347. The summed E-state index contributed by atoms with van der Waals surface area (Å²) in [5.74, 6) is 1.57. The lowest BCUT2D eigenvalue weighted by Crippen LogP contribution is -2.20. The fourth-order valence-corrected chi connectivity index (χ4v) is 1.83. The number of ether oxygens (including phenoxy) is 1. The largest absolute Gasteiger partial charge is 0.493 e. The van der Waals surface area contributed by atoms with Crippen LogP contribution in [0.1, 0.15) is 52.1 Å². The lowest BCUT2D eigenvalue weighted by Gasteiger charge is -2.19. The van der Waals surface area contributed by atoms with E-state index in [1.54, 1.807) is 0 Å². The Morgan fingerprint density at radius 2 is 1.89 bits per heavy atom. The minimum Gasteiger partial charge on any atom is -0.493 e. The van der Waals surface area contributed by atoms with Crippen molar-refractivity contribution < 1.29 is 4.74 Å². The third-order valence-electron chi connectivity index (χ3n) is 2.94. The number of benzene rings is 1. The van der Waals surface area contributed by atoms with Crippen LogP contribution in [0.5, 0.6) is 5.75 Å². The average Bonchev–Trinajstić information content (AvgIpc) is 2.37. The third-order valence-corrected chi connectivity index (χ3v) is 2.94. The maximum atomic E-state index is 5.89. The molecule has 102 valence electrons. The Morgan fingerprint density at radius 1 is 1.17 bits per heavy atom. The summed E-state index contributed by atoms with van der Waals surface area (Å²) in [6.07, 6.45) is 2.45. The van der Waals surface area contributed by atoms with Gasteiger partial charge in [-0.2, -0.15) is 0 Å². The van der Waals surface area contributed by atoms with Gasteiger partial charge in [0.1, 0.15) is 5.75 Å². The van der Waals surface area contributed by atoms with Crippen LogP contribution in [-0.4, -0.2) is 13.2 Å². The zero-order chi connectivity index (χ0) is 13.4. The predicted molar refractivity (Wildman–Crippen MR) is 78.1 cm³/mol. The molecular formula is C16H27NO. The first kappa shape index (κ1) is 15.0. The van der Waals surface area contributed by atoms with Crippen molar-refractivity contribution in [3.63, 3.8) is 0 Å². The smallest absolute Gasteiger partial charge is 0.124 e. The Morgan fingerprint density at radius 3 is 2.56 bits per heavy atom. The van der Waals surface area contributed by atoms with Gasteiger partial charge in [-0.15, -0.1) is 0 Å². The summed E-state index contributed by atoms with van der Waals surface area (Å²) in [4.78, 5) is 0. The number of hydrogen-bond donors (Lipinski definition) is 1. The molecule has 0 radical (unpaired) electrons. The van der Waals surface area contributed by atoms with Crippen LogP contribution < -0.4 is 10.1 Å². The first-order chi connectivity index (χ1) is 8.65. The third kappa shape index (κ3) is 5.09. The molecule has 2 heteroatoms. The van der Waals surface area contributed by atoms with E-state index in [0.29, 0.717) is 12.0 Å². The van der Waals surface area contributed by atoms with E-state index in [1.807, 2.05) is 6.07 Å². The van der Waals surface area contributed by atoms with Crippen molar-refractivity contribution in [1.82, 2.24) is 5.32 Å². The topological polar surface area (TPSA) is 21.3 Å². The normalized spacial score (nSPS) is 12.7. The van der Waals surface area contributed by atoms with E-state index in [0.717, 1.165) is 18.9 Å². The molecule has 1 aromatic rings. The highest BCUT2D eigenvalue weighted by Crippen LogP contribution is 2.25. The van der Waals surface area contributed by atoms with Crippen LogP contribution in [-0.2, 0) is 0 Å². The van der Waals surface area contributed by atoms with E-state index in [2.05, 4.69) is 51.2 Å². The second-order valence-electron chi connectivity index (χ2n) is 5.27. The van der Waals surface area contributed by atoms with E-state index < -0.39 is 0 Å². The monoisotopic (exact) mass is 249 g/mol. The van der Waals surface area contributed by atoms with Crippen molar-refractivity contribution in [3.05, 3.63) is 29.8 Å². The van der Waals surface area contributed by atoms with Gasteiger partial charge in [0, 0.05) is 11.6 Å². The minimum absolute atomic E-state index is 0.347. The molecule has 1 atom stereocenters. The van der Waals surface area contributed by atoms with Crippen molar-refractivity contribution in [2.75, 3.05) is 13.2 Å². The summed E-state index contributed by atoms with van der Waals surface area (Å²) >= 11 is 0. The summed E-state index contributed by atoms with van der Waals surface area (Å²) in [6, 6.07) is 8.68. The molecule has 0 aliphatic rings. The number of unbranched alkanes of at least 4 members (excludes halogenated alkanes) is 1. The van der Waals surface area contributed by atoms with Crippen LogP contribution >= 0.6 is 0 Å². The molecule has 0 spiro atoms. The molecule has 0 saturated heterocycles. The fraction of sp³-hybridized carbons (Fsp3) is 0.625. The summed E-state index contributed by atoms with van der Waals surface area (Å²) in [5.41, 5.74) is 1.26. The zero-order valence-corrected chi connectivity index (χ0v) is 12.2. The van der Waals surface area contributed by atoms with Crippen molar-refractivity contribution in [1.29, 1.82) is 0 Å². The van der Waals surface area contributed by atoms with Crippen molar-refractivity contribution in [2.24, 2.45) is 5.92 Å². The Hall–Kier alpha value is -1.02. The van der Waals surface area contributed by atoms with Crippen LogP contribution in [0.25, 0.3) is 0 Å². The molecule has 0 unspecified atom stereocenters. The second kappa shape index (κ2) is 8.15. The van der Waals surface area contributed by atoms with Crippen molar-refractivity contribution in [2.45, 2.75) is 46.6 Å². The molecule has 0 aliphatic heterocycles. The van der Waals surface area contributed by atoms with E-state index >= 15 is 0 Å². The van der Waals surface area contributed by atoms with Crippen LogP contribution in [0.2, 0.25) is 0 Å². The Labute approximate surface area is 112 Å². The molecule has 0 aliphatic carbocycles. The standard InChI is InChI=1S/C16H27NO/c1-5-6-11-17-14(4)15-9-7-8-10-16(15)18-12-13(2)3/h7-10,13-14,17H,5-6,11-12H2,1-4H3/t14-/m1/s1. The number of rotatable bonds is 8. The summed E-state index contributed by atoms with van der Waals surface area (Å²) < 4.78 is 5.89. The first-order valence-electron chi connectivity index (χ1n) is 7.10. The van der Waals surface area contributed by atoms with Gasteiger partial charge in [-0.05, 0) is 31.9 Å². The quantitative estimate of drug-likeness (QED) is 0.698. The van der Waals surface area contributed by atoms with Gasteiger partial charge in [-0.25, -0.2) is 0 Å². The van der Waals surface area contributed by atoms with Crippen LogP contribution in [0.15, 0.2) is 24.3 Å². The Balaban J connectivity index is 2.62. The maximum Gasteiger partial charge on any atom is 0.124 e. The molecule has 0 bridgehead atoms. The van der Waals surface area contributed by atoms with Gasteiger partial charge < -0.3 is 10.1 Å². The van der Waals surface area contributed by atoms with Crippen molar-refractivity contribution >= 4 is 0 Å². The molecule has 0 heterocycles. The SMILES string of the molecule is CCCCN[C@H](C)c1ccccc1OCC(C)C. The molecule has 0 fully saturated rings. The molecule has 1 N–H and O–H groups in total. The van der Waals surface area contributed by atoms with Gasteiger partial charge in [0.25, 0.3) is 0 Å². The van der Waals surface area contributed by atoms with Crippen molar-refractivity contribution in [3.8, 4) is 5.75 Å². The van der Waals surface area contributed by atoms with E-state index in [1.165, 1.54) is 18.4 Å². The van der Waals surface area contributed by atoms with Gasteiger partial charge in [0.05, 0.1) is 6.61 Å². The molecule has 0 amide bonds. The number of nitrogens with one attached hydrogen (secondary N) is 1. The van der Waals surface area contributed by atoms with Crippen LogP contribution in [0.3, 0.4) is 0 Å². The summed E-state index contributed by atoms with van der Waals surface area (Å²) in [5, 5.41) is 3.55. The highest BCUT2D eigenvalue weighted by atomic mass is 16.5. The summed E-state index contributed by atoms with van der Waals surface area (Å²) in [6.45, 7) is 10.6. The van der Waals surface area contributed by atoms with Gasteiger partial charge >= 0.3 is 0 Å². The molecule has 18 heavy (non-hydrogen) atoms. The van der Waals surface area contributed by atoms with E-state index in [4.69, 9.17) is 4.74 Å². The van der Waals surface area contributed by atoms with Crippen LogP contribution in [0, 0.1) is 5.92 Å². The number of hydrogen-bond acceptors (Lipinski definition) is 2. The highest BCUT2D eigenvalue weighted by molar-refractivity contribution is 5.35. The van der Waals surface area contributed by atoms with Gasteiger partial charge in [-0.1, -0.05) is 45.4 Å². The maximum absolute atomic E-state index is 5.89. The second-order valence-corrected chi connectivity index (χ2v) is 5.27. The first-order valence-corrected chi connectivity index (χ1v) is 7.10. The van der Waals surface area contributed by atoms with Gasteiger partial charge in [0.15, 0.2) is 0 Å². The fourth-order valence-electron chi connectivity index (χ4n) is 1.83. The average molecular weight is 249 g/mol. The Kier molecular flexibility index (Phi) is 6.81. The molecule has 1 aromatic carbocycles. The molecule has 2 nitrogen and oxygen atoms in total. The van der Waals surface area contributed by atoms with Crippen LogP contribution in [0.4, 0.5) is 0 Å². The predicted octanol–water partition coefficient (Wildman–Crippen LogP) is 4.17. The van der Waals surface area contributed by atoms with E-state index in [-0.39, 0.29) is 0 Å². The number of para-hydroxylation sites is 1. The molecule has 0 saturated carbocycles. The Bertz CT molecular complexity index is 336. The molecular weight excluding hydrogens is 222 g/mol. The van der Waals surface area contributed by atoms with Gasteiger partial charge in [0.2, 0.25) is 0 Å². The lowest BCUT2D eigenvalue weighted by molar-refractivity contribution is 0.266. The molecule has 0 aromatic heterocycles. The molecule has 1 rings (SSSR count). The highest BCUT2D eigenvalue weighted by Gasteiger charge is 2.10.